The quantitative estimate of drug-likeness (QED) is 0.0338. The fraction of sp³-hybridized carbons (Fsp3) is 0.741. The van der Waals surface area contributed by atoms with Crippen molar-refractivity contribution in [1.82, 2.24) is 0 Å². The molecule has 0 N–H and O–H groups in total. The summed E-state index contributed by atoms with van der Waals surface area (Å²) in [5.74, 6) is -2.37. The first-order valence-corrected chi connectivity index (χ1v) is 29.0. The van der Waals surface area contributed by atoms with Crippen LogP contribution in [0.25, 0.3) is 0 Å². The van der Waals surface area contributed by atoms with Gasteiger partial charge in [0.05, 0.1) is 12.5 Å². The molecule has 34 heteroatoms. The third-order valence-corrected chi connectivity index (χ3v) is 8.05. The van der Waals surface area contributed by atoms with E-state index in [1.165, 1.54) is 74.1 Å². The van der Waals surface area contributed by atoms with Crippen LogP contribution in [0.1, 0.15) is 144 Å². The number of hydrogen-bond donors (Lipinski definition) is 0. The lowest BCUT2D eigenvalue weighted by Crippen LogP contribution is -2.15. The number of carbonyl (C=O) groups is 14. The van der Waals surface area contributed by atoms with Crippen molar-refractivity contribution >= 4 is 107 Å². The monoisotopic (exact) mass is 1320 g/mol. The predicted molar refractivity (Wildman–Crippen MR) is 313 cm³/mol. The Kier molecular flexibility index (Phi) is 96.6. The van der Waals surface area contributed by atoms with E-state index < -0.39 is 41.8 Å². The highest BCUT2D eigenvalue weighted by Crippen LogP contribution is 2.00. The number of ether oxygens (including phenoxy) is 18. The molecule has 0 spiro atoms. The van der Waals surface area contributed by atoms with Crippen molar-refractivity contribution in [3.05, 3.63) is 0 Å². The molecule has 0 aliphatic rings. The van der Waals surface area contributed by atoms with Gasteiger partial charge in [0.1, 0.15) is 31.7 Å². The van der Waals surface area contributed by atoms with Crippen molar-refractivity contribution in [2.45, 2.75) is 144 Å². The van der Waals surface area contributed by atoms with Crippen molar-refractivity contribution < 1.29 is 152 Å². The predicted octanol–water partition coefficient (Wildman–Crippen LogP) is 5.25. The summed E-state index contributed by atoms with van der Waals surface area (Å²) in [7, 11) is 0. The zero-order valence-corrected chi connectivity index (χ0v) is 56.1. The summed E-state index contributed by atoms with van der Waals surface area (Å²) in [5, 5.41) is 0. The molecule has 0 aromatic heterocycles. The number of carbonyl (C=O) groups excluding carboxylic acids is 14. The molecular weight excluding hydrogens is 1220 g/mol. The van der Waals surface area contributed by atoms with Gasteiger partial charge < -0.3 is 85.3 Å². The molecule has 0 fully saturated rings. The molecule has 0 rings (SSSR count). The van der Waals surface area contributed by atoms with Gasteiger partial charge in [-0.05, 0) is 40.4 Å². The third-order valence-electron chi connectivity index (χ3n) is 6.74. The normalized spacial score (nSPS) is 8.98. The second-order valence-electron chi connectivity index (χ2n) is 14.4. The van der Waals surface area contributed by atoms with Crippen LogP contribution in [0.3, 0.4) is 0 Å². The fourth-order valence-electron chi connectivity index (χ4n) is 2.73. The van der Waals surface area contributed by atoms with Gasteiger partial charge >= 0.3 is 71.6 Å². The number of Topliss-reactive ketones (excluding diaryl/α,β-unsaturated/α-hetero) is 2. The molecule has 0 aliphatic carbocycles. The highest BCUT2D eigenvalue weighted by Gasteiger charge is 2.04. The first-order chi connectivity index (χ1) is 41.4. The number of hydrogen-bond acceptors (Lipinski definition) is 34. The maximum absolute atomic E-state index is 10.6. The van der Waals surface area contributed by atoms with E-state index in [1.807, 2.05) is 27.7 Å². The summed E-state index contributed by atoms with van der Waals surface area (Å²) in [6.45, 7) is 29.6. The minimum absolute atomic E-state index is 0.00264. The summed E-state index contributed by atoms with van der Waals surface area (Å²) in [5.41, 5.74) is 0. The molecule has 0 radical (unpaired) electrons. The highest BCUT2D eigenvalue weighted by molar-refractivity contribution is 7.99. The van der Waals surface area contributed by atoms with Gasteiger partial charge in [-0.15, -0.1) is 11.8 Å². The van der Waals surface area contributed by atoms with E-state index in [4.69, 9.17) is 28.4 Å². The second-order valence-corrected chi connectivity index (χ2v) is 16.5. The molecule has 0 aromatic rings. The number of rotatable bonds is 35. The van der Waals surface area contributed by atoms with Crippen LogP contribution in [0, 0.1) is 0 Å². The van der Waals surface area contributed by atoms with Gasteiger partial charge in [0.15, 0.2) is 45.3 Å². The molecule has 0 aromatic carbocycles. The van der Waals surface area contributed by atoms with Crippen molar-refractivity contribution in [1.29, 1.82) is 0 Å². The van der Waals surface area contributed by atoms with E-state index in [9.17, 15) is 67.1 Å². The van der Waals surface area contributed by atoms with Gasteiger partial charge in [-0.1, -0.05) is 39.5 Å². The highest BCUT2D eigenvalue weighted by atomic mass is 32.2. The van der Waals surface area contributed by atoms with Gasteiger partial charge in [-0.25, -0.2) is 9.59 Å². The molecular formula is C54H98O32S2. The van der Waals surface area contributed by atoms with E-state index in [-0.39, 0.29) is 109 Å². The Bertz CT molecular complexity index is 1750. The van der Waals surface area contributed by atoms with E-state index in [1.54, 1.807) is 46.4 Å². The molecule has 0 saturated heterocycles. The molecule has 0 heterocycles. The Balaban J connectivity index is -0.000000114. The summed E-state index contributed by atoms with van der Waals surface area (Å²) >= 11 is 3.03. The minimum atomic E-state index is -0.543. The zero-order valence-electron chi connectivity index (χ0n) is 54.4. The van der Waals surface area contributed by atoms with Crippen LogP contribution in [0.4, 0.5) is 0 Å². The lowest BCUT2D eigenvalue weighted by Gasteiger charge is -2.03. The van der Waals surface area contributed by atoms with Crippen molar-refractivity contribution in [3.8, 4) is 0 Å². The van der Waals surface area contributed by atoms with Crippen LogP contribution >= 0.6 is 23.5 Å². The fourth-order valence-corrected chi connectivity index (χ4v) is 3.75. The molecule has 0 aliphatic heterocycles. The van der Waals surface area contributed by atoms with E-state index in [2.05, 4.69) is 56.8 Å². The van der Waals surface area contributed by atoms with Crippen LogP contribution in [0.5, 0.6) is 0 Å². The molecule has 0 amide bonds. The van der Waals surface area contributed by atoms with Crippen LogP contribution in [-0.2, 0) is 152 Å². The van der Waals surface area contributed by atoms with E-state index in [0.717, 1.165) is 5.75 Å². The van der Waals surface area contributed by atoms with Crippen molar-refractivity contribution in [2.24, 2.45) is 0 Å². The maximum Gasteiger partial charge on any atom is 0.344 e. The van der Waals surface area contributed by atoms with Crippen molar-refractivity contribution in [3.63, 3.8) is 0 Å². The average molecular weight is 1320 g/mol. The van der Waals surface area contributed by atoms with E-state index >= 15 is 0 Å². The third kappa shape index (κ3) is 138. The molecule has 88 heavy (non-hydrogen) atoms. The van der Waals surface area contributed by atoms with Crippen LogP contribution in [0.15, 0.2) is 0 Å². The van der Waals surface area contributed by atoms with Gasteiger partial charge in [0.25, 0.3) is 0 Å². The second kappa shape index (κ2) is 84.6. The first-order valence-electron chi connectivity index (χ1n) is 26.7. The SMILES string of the molecule is CCC(=O)COC(C)=O.CCC(=O)COCOC(C)=O.CCC(=O)OCOC(C)=O.CCOC(=O)COC(C)=O.CCOCC(=O)OCOC(C)=O.CCOCOC(C)=O.CCOCOCOC(C)=O.CCOCSCOC(C)=O.CCSCOC(C)=O. The van der Waals surface area contributed by atoms with Gasteiger partial charge in [-0.2, -0.15) is 0 Å². The molecule has 518 valence electrons. The summed E-state index contributed by atoms with van der Waals surface area (Å²) in [6, 6.07) is 0. The Labute approximate surface area is 525 Å². The number of esters is 12. The Hall–Kier alpha value is -6.56. The summed E-state index contributed by atoms with van der Waals surface area (Å²) in [6.07, 6.45) is 1.16. The largest absolute Gasteiger partial charge is 0.463 e. The average Bonchev–Trinajstić information content (AvgIpc) is 3.45. The van der Waals surface area contributed by atoms with Gasteiger partial charge in [0, 0.05) is 108 Å². The molecule has 32 nitrogen and oxygen atoms in total. The standard InChI is InChI=1S/C7H12O5.C7H12O4.C6H12O4.2C6H10O4.C6H12O3S.C6H10O3.C5H10O3.C5H10O2S/c1-3-10-4-7(9)12-5-11-6(2)8;1-3-7(9)4-10-5-11-6(2)8;1-3-8-4-9-5-10-6(2)7;1-3-9-6(8)4-10-5(2)7;1-3-6(8)10-4-9-5(2)7;1-3-8-4-10-5-9-6(2)7;1-3-6(8)4-9-5(2)7;1-3-7-4-8-5(2)6;1-3-8-4-7-5(2)6/h3-5H2,1-2H3;3-5H2,1-2H3;3-5H2,1-2H3;2*3-4H2,1-2H3;3-5H2,1-2H3;3-4H2,1-2H3;2*3-4H2,1-2H3. The van der Waals surface area contributed by atoms with E-state index in [0.29, 0.717) is 70.1 Å². The van der Waals surface area contributed by atoms with Crippen molar-refractivity contribution in [2.75, 3.05) is 124 Å². The first kappa shape index (κ1) is 100. The van der Waals surface area contributed by atoms with Crippen LogP contribution in [-0.4, -0.2) is 207 Å². The van der Waals surface area contributed by atoms with Gasteiger partial charge in [-0.3, -0.25) is 57.5 Å². The number of thioether (sulfide) groups is 2. The molecule has 0 atom stereocenters. The Morgan fingerprint density at radius 1 is 0.239 bits per heavy atom. The summed E-state index contributed by atoms with van der Waals surface area (Å²) in [4.78, 5) is 144. The zero-order chi connectivity index (χ0) is 69.8. The Morgan fingerprint density at radius 2 is 0.580 bits per heavy atom. The topological polar surface area (TPSA) is 405 Å². The minimum Gasteiger partial charge on any atom is -0.463 e. The van der Waals surface area contributed by atoms with Crippen LogP contribution in [0.2, 0.25) is 0 Å². The Morgan fingerprint density at radius 3 is 0.955 bits per heavy atom. The van der Waals surface area contributed by atoms with Gasteiger partial charge in [0.2, 0.25) is 13.6 Å². The molecule has 0 bridgehead atoms. The molecule has 0 unspecified atom stereocenters. The summed E-state index contributed by atoms with van der Waals surface area (Å²) < 4.78 is 82.0. The maximum atomic E-state index is 10.6. The number of ketones is 2. The van der Waals surface area contributed by atoms with Crippen LogP contribution < -0.4 is 0 Å². The lowest BCUT2D eigenvalue weighted by molar-refractivity contribution is -0.169. The smallest absolute Gasteiger partial charge is 0.344 e. The lowest BCUT2D eigenvalue weighted by atomic mass is 10.3. The molecule has 0 saturated carbocycles.